The van der Waals surface area contributed by atoms with E-state index in [0.29, 0.717) is 23.9 Å². The Bertz CT molecular complexity index is 972. The summed E-state index contributed by atoms with van der Waals surface area (Å²) in [5, 5.41) is 6.82. The predicted molar refractivity (Wildman–Crippen MR) is 98.6 cm³/mol. The van der Waals surface area contributed by atoms with Crippen LogP contribution >= 0.6 is 0 Å². The summed E-state index contributed by atoms with van der Waals surface area (Å²) < 4.78 is 18.8. The molecule has 2 amide bonds. The Labute approximate surface area is 156 Å². The number of amides is 2. The minimum atomic E-state index is -0.398. The van der Waals surface area contributed by atoms with Crippen LogP contribution < -0.4 is 5.32 Å². The van der Waals surface area contributed by atoms with Crippen molar-refractivity contribution in [1.82, 2.24) is 15.0 Å². The quantitative estimate of drug-likeness (QED) is 0.738. The Kier molecular flexibility index (Phi) is 4.58. The third-order valence-corrected chi connectivity index (χ3v) is 4.70. The van der Waals surface area contributed by atoms with E-state index in [4.69, 9.17) is 4.52 Å². The molecule has 1 saturated heterocycles. The summed E-state index contributed by atoms with van der Waals surface area (Å²) in [7, 11) is 0. The van der Waals surface area contributed by atoms with Gasteiger partial charge in [-0.1, -0.05) is 35.5 Å². The van der Waals surface area contributed by atoms with Crippen molar-refractivity contribution in [2.75, 3.05) is 11.9 Å². The molecule has 0 unspecified atom stereocenters. The normalized spacial score (nSPS) is 16.5. The zero-order chi connectivity index (χ0) is 18.8. The summed E-state index contributed by atoms with van der Waals surface area (Å²) in [6, 6.07) is 13.0. The number of nitrogens with one attached hydrogen (secondary N) is 1. The van der Waals surface area contributed by atoms with Crippen LogP contribution in [0.4, 0.5) is 14.9 Å². The first-order chi connectivity index (χ1) is 13.1. The molecule has 4 rings (SSSR count). The van der Waals surface area contributed by atoms with Crippen molar-refractivity contribution in [3.05, 3.63) is 65.8 Å². The number of carbonyl (C=O) groups excluding carboxylic acids is 1. The standard InChI is InChI=1S/C20H19FN4O2/c1-13-6-2-3-9-16(13)18-23-19(27-24-18)17-10-5-11-25(17)20(26)22-15-8-4-7-14(21)12-15/h2-4,6-9,12,17H,5,10-11H2,1H3,(H,22,26)/t17-/m0/s1. The van der Waals surface area contributed by atoms with Gasteiger partial charge in [-0.3, -0.25) is 0 Å². The van der Waals surface area contributed by atoms with Gasteiger partial charge in [0.25, 0.3) is 0 Å². The zero-order valence-corrected chi connectivity index (χ0v) is 14.9. The van der Waals surface area contributed by atoms with Gasteiger partial charge in [-0.15, -0.1) is 0 Å². The summed E-state index contributed by atoms with van der Waals surface area (Å²) in [4.78, 5) is 18.8. The molecule has 7 heteroatoms. The molecule has 0 saturated carbocycles. The number of benzene rings is 2. The van der Waals surface area contributed by atoms with Crippen molar-refractivity contribution in [2.24, 2.45) is 0 Å². The second-order valence-electron chi connectivity index (χ2n) is 6.56. The second kappa shape index (κ2) is 7.19. The monoisotopic (exact) mass is 366 g/mol. The van der Waals surface area contributed by atoms with Crippen molar-refractivity contribution >= 4 is 11.7 Å². The fourth-order valence-electron chi connectivity index (χ4n) is 3.33. The van der Waals surface area contributed by atoms with Gasteiger partial charge in [0, 0.05) is 17.8 Å². The van der Waals surface area contributed by atoms with Gasteiger partial charge in [0.1, 0.15) is 11.9 Å². The van der Waals surface area contributed by atoms with E-state index in [-0.39, 0.29) is 12.1 Å². The van der Waals surface area contributed by atoms with Crippen LogP contribution in [0.3, 0.4) is 0 Å². The first-order valence-corrected chi connectivity index (χ1v) is 8.84. The van der Waals surface area contributed by atoms with Gasteiger partial charge >= 0.3 is 6.03 Å². The fraction of sp³-hybridized carbons (Fsp3) is 0.250. The molecular formula is C20H19FN4O2. The smallest absolute Gasteiger partial charge is 0.322 e. The van der Waals surface area contributed by atoms with E-state index < -0.39 is 5.82 Å². The summed E-state index contributed by atoms with van der Waals surface area (Å²) in [5.74, 6) is 0.533. The van der Waals surface area contributed by atoms with Crippen LogP contribution in [0.2, 0.25) is 0 Å². The molecule has 27 heavy (non-hydrogen) atoms. The fourth-order valence-corrected chi connectivity index (χ4v) is 3.33. The number of likely N-dealkylation sites (tertiary alicyclic amines) is 1. The van der Waals surface area contributed by atoms with Crippen LogP contribution in [0, 0.1) is 12.7 Å². The highest BCUT2D eigenvalue weighted by atomic mass is 19.1. The van der Waals surface area contributed by atoms with E-state index >= 15 is 0 Å². The molecule has 0 spiro atoms. The lowest BCUT2D eigenvalue weighted by molar-refractivity contribution is 0.193. The van der Waals surface area contributed by atoms with Crippen molar-refractivity contribution in [3.63, 3.8) is 0 Å². The molecule has 0 radical (unpaired) electrons. The van der Waals surface area contributed by atoms with Gasteiger partial charge < -0.3 is 14.7 Å². The number of nitrogens with zero attached hydrogens (tertiary/aromatic N) is 3. The molecule has 1 atom stereocenters. The molecule has 2 heterocycles. The molecular weight excluding hydrogens is 347 g/mol. The van der Waals surface area contributed by atoms with E-state index in [1.165, 1.54) is 12.1 Å². The maximum atomic E-state index is 13.3. The molecule has 6 nitrogen and oxygen atoms in total. The van der Waals surface area contributed by atoms with Crippen LogP contribution in [0.5, 0.6) is 0 Å². The topological polar surface area (TPSA) is 71.3 Å². The van der Waals surface area contributed by atoms with E-state index in [2.05, 4.69) is 15.5 Å². The highest BCUT2D eigenvalue weighted by Gasteiger charge is 2.34. The van der Waals surface area contributed by atoms with E-state index in [1.54, 1.807) is 17.0 Å². The minimum Gasteiger partial charge on any atom is -0.337 e. The Balaban J connectivity index is 1.53. The lowest BCUT2D eigenvalue weighted by atomic mass is 10.1. The lowest BCUT2D eigenvalue weighted by Crippen LogP contribution is -2.34. The van der Waals surface area contributed by atoms with Gasteiger partial charge in [0.2, 0.25) is 11.7 Å². The first-order valence-electron chi connectivity index (χ1n) is 8.84. The van der Waals surface area contributed by atoms with Gasteiger partial charge in [0.05, 0.1) is 0 Å². The lowest BCUT2D eigenvalue weighted by Gasteiger charge is -2.22. The Hall–Kier alpha value is -3.22. The number of halogens is 1. The highest BCUT2D eigenvalue weighted by Crippen LogP contribution is 2.33. The number of anilines is 1. The maximum Gasteiger partial charge on any atom is 0.322 e. The summed E-state index contributed by atoms with van der Waals surface area (Å²) in [5.41, 5.74) is 2.37. The van der Waals surface area contributed by atoms with Crippen LogP contribution in [0.1, 0.15) is 30.3 Å². The first kappa shape index (κ1) is 17.2. The van der Waals surface area contributed by atoms with Crippen molar-refractivity contribution < 1.29 is 13.7 Å². The summed E-state index contributed by atoms with van der Waals surface area (Å²) in [6.07, 6.45) is 1.58. The van der Waals surface area contributed by atoms with Crippen molar-refractivity contribution in [1.29, 1.82) is 0 Å². The molecule has 0 aliphatic carbocycles. The number of aryl methyl sites for hydroxylation is 1. The molecule has 1 aliphatic heterocycles. The van der Waals surface area contributed by atoms with Crippen molar-refractivity contribution in [3.8, 4) is 11.4 Å². The molecule has 1 fully saturated rings. The number of hydrogen-bond donors (Lipinski definition) is 1. The van der Waals surface area contributed by atoms with Crippen LogP contribution in [0.15, 0.2) is 53.1 Å². The van der Waals surface area contributed by atoms with Gasteiger partial charge in [-0.05, 0) is 43.5 Å². The van der Waals surface area contributed by atoms with Crippen molar-refractivity contribution in [2.45, 2.75) is 25.8 Å². The molecule has 1 N–H and O–H groups in total. The average molecular weight is 366 g/mol. The highest BCUT2D eigenvalue weighted by molar-refractivity contribution is 5.89. The summed E-state index contributed by atoms with van der Waals surface area (Å²) >= 11 is 0. The molecule has 138 valence electrons. The van der Waals surface area contributed by atoms with E-state index in [0.717, 1.165) is 24.0 Å². The van der Waals surface area contributed by atoms with Crippen LogP contribution in [0.25, 0.3) is 11.4 Å². The molecule has 3 aromatic rings. The summed E-state index contributed by atoms with van der Waals surface area (Å²) in [6.45, 7) is 2.56. The molecule has 0 bridgehead atoms. The number of hydrogen-bond acceptors (Lipinski definition) is 4. The van der Waals surface area contributed by atoms with Crippen LogP contribution in [-0.4, -0.2) is 27.6 Å². The molecule has 1 aliphatic rings. The Morgan fingerprint density at radius 3 is 2.93 bits per heavy atom. The molecule has 2 aromatic carbocycles. The Morgan fingerprint density at radius 2 is 2.11 bits per heavy atom. The number of rotatable bonds is 3. The van der Waals surface area contributed by atoms with E-state index in [1.807, 2.05) is 31.2 Å². The maximum absolute atomic E-state index is 13.3. The minimum absolute atomic E-state index is 0.288. The van der Waals surface area contributed by atoms with Gasteiger partial charge in [0.15, 0.2) is 0 Å². The third-order valence-electron chi connectivity index (χ3n) is 4.70. The number of aromatic nitrogens is 2. The number of urea groups is 1. The largest absolute Gasteiger partial charge is 0.337 e. The van der Waals surface area contributed by atoms with Crippen LogP contribution in [-0.2, 0) is 0 Å². The number of carbonyl (C=O) groups is 1. The Morgan fingerprint density at radius 1 is 1.26 bits per heavy atom. The molecule has 1 aromatic heterocycles. The average Bonchev–Trinajstić information content (AvgIpc) is 3.31. The second-order valence-corrected chi connectivity index (χ2v) is 6.56. The zero-order valence-electron chi connectivity index (χ0n) is 14.9. The predicted octanol–water partition coefficient (Wildman–Crippen LogP) is 4.55. The van der Waals surface area contributed by atoms with Gasteiger partial charge in [-0.25, -0.2) is 9.18 Å². The van der Waals surface area contributed by atoms with Gasteiger partial charge in [-0.2, -0.15) is 4.98 Å². The third kappa shape index (κ3) is 3.53. The van der Waals surface area contributed by atoms with E-state index in [9.17, 15) is 9.18 Å². The SMILES string of the molecule is Cc1ccccc1-c1noc([C@@H]2CCCN2C(=O)Nc2cccc(F)c2)n1.